The second-order valence-corrected chi connectivity index (χ2v) is 7.28. The van der Waals surface area contributed by atoms with Crippen LogP contribution < -0.4 is 10.5 Å². The van der Waals surface area contributed by atoms with Crippen molar-refractivity contribution in [1.29, 1.82) is 0 Å². The molecule has 1 aliphatic heterocycles. The third-order valence-corrected chi connectivity index (χ3v) is 5.98. The molecule has 0 bridgehead atoms. The van der Waals surface area contributed by atoms with E-state index >= 15 is 0 Å². The van der Waals surface area contributed by atoms with Gasteiger partial charge >= 0.3 is 0 Å². The van der Waals surface area contributed by atoms with Crippen molar-refractivity contribution in [3.63, 3.8) is 0 Å². The van der Waals surface area contributed by atoms with E-state index in [0.29, 0.717) is 25.3 Å². The highest BCUT2D eigenvalue weighted by Crippen LogP contribution is 2.26. The Hall–Kier alpha value is -1.11. The van der Waals surface area contributed by atoms with Gasteiger partial charge in [-0.1, -0.05) is 12.1 Å². The molecule has 0 aliphatic carbocycles. The van der Waals surface area contributed by atoms with E-state index in [1.807, 2.05) is 13.0 Å². The molecular weight excluding hydrogens is 278 g/mol. The van der Waals surface area contributed by atoms with Gasteiger partial charge in [-0.05, 0) is 25.0 Å². The minimum Gasteiger partial charge on any atom is -0.496 e. The summed E-state index contributed by atoms with van der Waals surface area (Å²) in [6.45, 7) is 2.69. The van der Waals surface area contributed by atoms with Crippen LogP contribution in [0.5, 0.6) is 5.75 Å². The van der Waals surface area contributed by atoms with E-state index in [1.54, 1.807) is 19.2 Å². The molecule has 1 fully saturated rings. The number of rotatable bonds is 5. The van der Waals surface area contributed by atoms with Crippen molar-refractivity contribution < 1.29 is 17.9 Å². The molecule has 112 valence electrons. The second-order valence-electron chi connectivity index (χ2n) is 5.06. The van der Waals surface area contributed by atoms with E-state index < -0.39 is 15.1 Å². The van der Waals surface area contributed by atoms with E-state index in [1.165, 1.54) is 0 Å². The van der Waals surface area contributed by atoms with Gasteiger partial charge in [0.15, 0.2) is 9.84 Å². The Morgan fingerprint density at radius 3 is 2.75 bits per heavy atom. The van der Waals surface area contributed by atoms with Crippen LogP contribution in [0.3, 0.4) is 0 Å². The van der Waals surface area contributed by atoms with Crippen molar-refractivity contribution in [2.45, 2.75) is 37.0 Å². The lowest BCUT2D eigenvalue weighted by molar-refractivity contribution is 0.126. The molecule has 20 heavy (non-hydrogen) atoms. The summed E-state index contributed by atoms with van der Waals surface area (Å²) in [4.78, 5) is 0. The first-order valence-electron chi connectivity index (χ1n) is 6.67. The van der Waals surface area contributed by atoms with Crippen molar-refractivity contribution >= 4 is 9.84 Å². The minimum absolute atomic E-state index is 0.00653. The lowest BCUT2D eigenvalue weighted by Gasteiger charge is -2.16. The molecule has 0 radical (unpaired) electrons. The van der Waals surface area contributed by atoms with E-state index in [2.05, 4.69) is 0 Å². The number of benzene rings is 1. The Morgan fingerprint density at radius 1 is 1.45 bits per heavy atom. The molecule has 2 rings (SSSR count). The zero-order chi connectivity index (χ0) is 14.8. The summed E-state index contributed by atoms with van der Waals surface area (Å²) in [5.41, 5.74) is 7.19. The van der Waals surface area contributed by atoms with E-state index in [0.717, 1.165) is 11.1 Å². The molecule has 2 unspecified atom stereocenters. The van der Waals surface area contributed by atoms with Crippen LogP contribution in [-0.4, -0.2) is 33.5 Å². The first-order chi connectivity index (χ1) is 9.47. The highest BCUT2D eigenvalue weighted by Gasteiger charge is 2.35. The van der Waals surface area contributed by atoms with E-state index in [-0.39, 0.29) is 11.9 Å². The zero-order valence-electron chi connectivity index (χ0n) is 11.8. The predicted octanol–water partition coefficient (Wildman–Crippen LogP) is 1.25. The third kappa shape index (κ3) is 3.13. The Bertz CT molecular complexity index is 571. The summed E-state index contributed by atoms with van der Waals surface area (Å²) in [6, 6.07) is 5.36. The lowest BCUT2D eigenvalue weighted by Crippen LogP contribution is -2.29. The average molecular weight is 299 g/mol. The van der Waals surface area contributed by atoms with Crippen molar-refractivity contribution in [2.24, 2.45) is 5.73 Å². The average Bonchev–Trinajstić information content (AvgIpc) is 2.85. The predicted molar refractivity (Wildman–Crippen MR) is 77.3 cm³/mol. The monoisotopic (exact) mass is 299 g/mol. The lowest BCUT2D eigenvalue weighted by atomic mass is 10.1. The number of hydrogen-bond acceptors (Lipinski definition) is 5. The second kappa shape index (κ2) is 6.11. The first kappa shape index (κ1) is 15.3. The summed E-state index contributed by atoms with van der Waals surface area (Å²) in [5.74, 6) is 0.642. The quantitative estimate of drug-likeness (QED) is 0.885. The Balaban J connectivity index is 2.21. The van der Waals surface area contributed by atoms with Gasteiger partial charge in [0.1, 0.15) is 5.75 Å². The Kier molecular flexibility index (Phi) is 4.67. The summed E-state index contributed by atoms with van der Waals surface area (Å²) in [7, 11) is -1.66. The Labute approximate surface area is 120 Å². The van der Waals surface area contributed by atoms with Crippen LogP contribution in [-0.2, 0) is 26.9 Å². The molecule has 1 aromatic rings. The molecule has 1 saturated heterocycles. The van der Waals surface area contributed by atoms with Crippen molar-refractivity contribution in [3.8, 4) is 5.75 Å². The fraction of sp³-hybridized carbons (Fsp3) is 0.571. The molecule has 2 N–H and O–H groups in total. The summed E-state index contributed by atoms with van der Waals surface area (Å²) < 4.78 is 35.4. The minimum atomic E-state index is -3.22. The van der Waals surface area contributed by atoms with E-state index in [4.69, 9.17) is 15.2 Å². The van der Waals surface area contributed by atoms with Crippen LogP contribution in [0.4, 0.5) is 0 Å². The Morgan fingerprint density at radius 2 is 2.20 bits per heavy atom. The topological polar surface area (TPSA) is 78.6 Å². The summed E-state index contributed by atoms with van der Waals surface area (Å²) in [6.07, 6.45) is 0.340. The molecule has 0 amide bonds. The van der Waals surface area contributed by atoms with Gasteiger partial charge in [0.2, 0.25) is 0 Å². The van der Waals surface area contributed by atoms with Crippen LogP contribution in [0.25, 0.3) is 0 Å². The fourth-order valence-electron chi connectivity index (χ4n) is 2.57. The highest BCUT2D eigenvalue weighted by molar-refractivity contribution is 7.91. The van der Waals surface area contributed by atoms with Crippen LogP contribution in [0.15, 0.2) is 18.2 Å². The molecule has 0 saturated carbocycles. The molecule has 0 aromatic heterocycles. The summed E-state index contributed by atoms with van der Waals surface area (Å²) in [5, 5.41) is -0.414. The number of nitrogens with two attached hydrogens (primary N) is 1. The third-order valence-electron chi connectivity index (χ3n) is 3.71. The standard InChI is InChI=1S/C14H21NO4S/c1-10-14(5-6-19-10)20(16,17)9-11-3-4-12(8-15)13(7-11)18-2/h3-4,7,10,14H,5-6,8-9,15H2,1-2H3. The van der Waals surface area contributed by atoms with Gasteiger partial charge in [-0.25, -0.2) is 8.42 Å². The van der Waals surface area contributed by atoms with Gasteiger partial charge in [0.25, 0.3) is 0 Å². The molecule has 2 atom stereocenters. The normalized spacial score (nSPS) is 22.9. The largest absolute Gasteiger partial charge is 0.496 e. The fourth-order valence-corrected chi connectivity index (χ4v) is 4.55. The van der Waals surface area contributed by atoms with Crippen molar-refractivity contribution in [1.82, 2.24) is 0 Å². The van der Waals surface area contributed by atoms with Crippen molar-refractivity contribution in [3.05, 3.63) is 29.3 Å². The smallest absolute Gasteiger partial charge is 0.159 e. The number of hydrogen-bond donors (Lipinski definition) is 1. The van der Waals surface area contributed by atoms with Crippen LogP contribution in [0.2, 0.25) is 0 Å². The SMILES string of the molecule is COc1cc(CS(=O)(=O)C2CCOC2C)ccc1CN. The number of methoxy groups -OCH3 is 1. The molecule has 1 aliphatic rings. The summed E-state index contributed by atoms with van der Waals surface area (Å²) >= 11 is 0. The maximum Gasteiger partial charge on any atom is 0.159 e. The van der Waals surface area contributed by atoms with Crippen molar-refractivity contribution in [2.75, 3.05) is 13.7 Å². The van der Waals surface area contributed by atoms with Gasteiger partial charge in [-0.15, -0.1) is 0 Å². The van der Waals surface area contributed by atoms with E-state index in [9.17, 15) is 8.42 Å². The van der Waals surface area contributed by atoms with Gasteiger partial charge in [-0.2, -0.15) is 0 Å². The molecule has 5 nitrogen and oxygen atoms in total. The van der Waals surface area contributed by atoms with Gasteiger partial charge < -0.3 is 15.2 Å². The van der Waals surface area contributed by atoms with Crippen LogP contribution in [0.1, 0.15) is 24.5 Å². The van der Waals surface area contributed by atoms with Gasteiger partial charge in [-0.3, -0.25) is 0 Å². The molecule has 1 aromatic carbocycles. The molecule has 6 heteroatoms. The zero-order valence-corrected chi connectivity index (χ0v) is 12.7. The maximum absolute atomic E-state index is 12.4. The van der Waals surface area contributed by atoms with Gasteiger partial charge in [0, 0.05) is 18.7 Å². The maximum atomic E-state index is 12.4. The van der Waals surface area contributed by atoms with Crippen LogP contribution >= 0.6 is 0 Å². The van der Waals surface area contributed by atoms with Crippen LogP contribution in [0, 0.1) is 0 Å². The highest BCUT2D eigenvalue weighted by atomic mass is 32.2. The molecule has 1 heterocycles. The molecule has 0 spiro atoms. The molecular formula is C14H21NO4S. The number of ether oxygens (including phenoxy) is 2. The number of sulfone groups is 1. The van der Waals surface area contributed by atoms with Gasteiger partial charge in [0.05, 0.1) is 24.2 Å². The first-order valence-corrected chi connectivity index (χ1v) is 8.38.